The highest BCUT2D eigenvalue weighted by atomic mass is 32.2. The van der Waals surface area contributed by atoms with Gasteiger partial charge in [-0.15, -0.1) is 0 Å². The largest absolute Gasteiger partial charge is 0.388 e. The van der Waals surface area contributed by atoms with Crippen molar-refractivity contribution in [2.75, 3.05) is 12.9 Å². The maximum absolute atomic E-state index is 10.8. The van der Waals surface area contributed by atoms with Gasteiger partial charge in [-0.3, -0.25) is 4.18 Å². The van der Waals surface area contributed by atoms with E-state index in [2.05, 4.69) is 4.18 Å². The van der Waals surface area contributed by atoms with Gasteiger partial charge in [0.15, 0.2) is 12.1 Å². The lowest BCUT2D eigenvalue weighted by Gasteiger charge is -2.25. The molecule has 112 valence electrons. The minimum absolute atomic E-state index is 0.497. The Balaban J connectivity index is 1.94. The quantitative estimate of drug-likeness (QED) is 0.607. The summed E-state index contributed by atoms with van der Waals surface area (Å²) in [7, 11) is -3.66. The Morgan fingerprint density at radius 1 is 1.37 bits per heavy atom. The zero-order valence-electron chi connectivity index (χ0n) is 10.8. The van der Waals surface area contributed by atoms with Crippen LogP contribution in [0, 0.1) is 0 Å². The fourth-order valence-corrected chi connectivity index (χ4v) is 2.51. The van der Waals surface area contributed by atoms with Crippen molar-refractivity contribution in [2.24, 2.45) is 0 Å². The number of ether oxygens (including phenoxy) is 3. The van der Waals surface area contributed by atoms with E-state index in [9.17, 15) is 18.6 Å². The minimum atomic E-state index is -3.66. The van der Waals surface area contributed by atoms with Crippen molar-refractivity contribution in [1.29, 1.82) is 0 Å². The molecule has 0 radical (unpaired) electrons. The molecule has 19 heavy (non-hydrogen) atoms. The second-order valence-electron chi connectivity index (χ2n) is 5.12. The second-order valence-corrected chi connectivity index (χ2v) is 6.76. The van der Waals surface area contributed by atoms with Crippen molar-refractivity contribution in [3.8, 4) is 0 Å². The molecule has 2 heterocycles. The predicted octanol–water partition coefficient (Wildman–Crippen LogP) is -1.44. The molecular weight excluding hydrogens is 280 g/mol. The summed E-state index contributed by atoms with van der Waals surface area (Å²) in [6.45, 7) is 2.86. The van der Waals surface area contributed by atoms with E-state index in [1.807, 2.05) is 0 Å². The highest BCUT2D eigenvalue weighted by Gasteiger charge is 2.55. The average Bonchev–Trinajstić information content (AvgIpc) is 2.69. The smallest absolute Gasteiger partial charge is 0.264 e. The lowest BCUT2D eigenvalue weighted by Crippen LogP contribution is -2.43. The van der Waals surface area contributed by atoms with Gasteiger partial charge in [0.05, 0.1) is 12.9 Å². The molecule has 0 aromatic carbocycles. The summed E-state index contributed by atoms with van der Waals surface area (Å²) in [5, 5.41) is 19.8. The number of fused-ring (bicyclic) bond motifs is 1. The molecule has 2 rings (SSSR count). The first kappa shape index (κ1) is 15.1. The van der Waals surface area contributed by atoms with Gasteiger partial charge in [-0.25, -0.2) is 0 Å². The molecule has 0 aromatic heterocycles. The molecule has 5 atom stereocenters. The zero-order valence-corrected chi connectivity index (χ0v) is 11.7. The number of aliphatic hydroxyl groups excluding tert-OH is 2. The van der Waals surface area contributed by atoms with Crippen molar-refractivity contribution in [3.05, 3.63) is 0 Å². The molecule has 2 aliphatic heterocycles. The maximum Gasteiger partial charge on any atom is 0.264 e. The third-order valence-electron chi connectivity index (χ3n) is 2.88. The van der Waals surface area contributed by atoms with Gasteiger partial charge >= 0.3 is 0 Å². The number of aliphatic hydroxyl groups is 2. The van der Waals surface area contributed by atoms with Crippen molar-refractivity contribution >= 4 is 10.1 Å². The van der Waals surface area contributed by atoms with Gasteiger partial charge in [0.2, 0.25) is 0 Å². The Labute approximate surface area is 111 Å². The van der Waals surface area contributed by atoms with Gasteiger partial charge < -0.3 is 24.4 Å². The molecule has 0 aliphatic carbocycles. The summed E-state index contributed by atoms with van der Waals surface area (Å²) in [4.78, 5) is 0. The van der Waals surface area contributed by atoms with Crippen LogP contribution in [-0.4, -0.2) is 68.0 Å². The predicted molar refractivity (Wildman–Crippen MR) is 61.5 cm³/mol. The topological polar surface area (TPSA) is 112 Å². The van der Waals surface area contributed by atoms with Crippen LogP contribution in [0.1, 0.15) is 13.8 Å². The zero-order chi connectivity index (χ0) is 14.4. The number of rotatable bonds is 4. The van der Waals surface area contributed by atoms with E-state index in [-0.39, 0.29) is 0 Å². The van der Waals surface area contributed by atoms with Crippen LogP contribution in [0.4, 0.5) is 0 Å². The van der Waals surface area contributed by atoms with Gasteiger partial charge in [0.25, 0.3) is 10.1 Å². The van der Waals surface area contributed by atoms with E-state index in [0.29, 0.717) is 0 Å². The molecule has 9 heteroatoms. The normalized spacial score (nSPS) is 39.2. The molecule has 2 saturated heterocycles. The van der Waals surface area contributed by atoms with Gasteiger partial charge in [0, 0.05) is 0 Å². The van der Waals surface area contributed by atoms with Gasteiger partial charge in [-0.1, -0.05) is 0 Å². The highest BCUT2D eigenvalue weighted by Crippen LogP contribution is 2.38. The van der Waals surface area contributed by atoms with Crippen molar-refractivity contribution in [3.63, 3.8) is 0 Å². The summed E-state index contributed by atoms with van der Waals surface area (Å²) in [5.41, 5.74) is 0. The molecule has 2 fully saturated rings. The molecule has 0 aromatic rings. The maximum atomic E-state index is 10.8. The Morgan fingerprint density at radius 2 is 2.00 bits per heavy atom. The molecule has 8 nitrogen and oxygen atoms in total. The van der Waals surface area contributed by atoms with Crippen LogP contribution < -0.4 is 0 Å². The second kappa shape index (κ2) is 4.92. The molecule has 4 unspecified atom stereocenters. The van der Waals surface area contributed by atoms with E-state index >= 15 is 0 Å². The van der Waals surface area contributed by atoms with Crippen LogP contribution >= 0.6 is 0 Å². The Hall–Kier alpha value is -0.290. The van der Waals surface area contributed by atoms with E-state index in [4.69, 9.17) is 14.2 Å². The standard InChI is InChI=1S/C10H18O8S/c1-10(2)17-8-6(12)7(16-9(8)18-10)5(11)4-15-19(3,13)14/h5-9,11-12H,4H2,1-3H3/t5-,6?,7?,8?,9?/m0/s1. The van der Waals surface area contributed by atoms with Crippen LogP contribution in [0.3, 0.4) is 0 Å². The first-order chi connectivity index (χ1) is 8.59. The van der Waals surface area contributed by atoms with E-state index in [1.54, 1.807) is 13.8 Å². The molecule has 0 bridgehead atoms. The lowest BCUT2D eigenvalue weighted by atomic mass is 10.1. The van der Waals surface area contributed by atoms with Gasteiger partial charge in [0.1, 0.15) is 24.4 Å². The van der Waals surface area contributed by atoms with Crippen LogP contribution in [0.5, 0.6) is 0 Å². The lowest BCUT2D eigenvalue weighted by molar-refractivity contribution is -0.226. The van der Waals surface area contributed by atoms with Crippen LogP contribution in [0.2, 0.25) is 0 Å². The summed E-state index contributed by atoms with van der Waals surface area (Å²) >= 11 is 0. The summed E-state index contributed by atoms with van der Waals surface area (Å²) in [5.74, 6) is -0.866. The molecule has 2 aliphatic rings. The fourth-order valence-electron chi connectivity index (χ4n) is 2.12. The average molecular weight is 298 g/mol. The van der Waals surface area contributed by atoms with Gasteiger partial charge in [-0.05, 0) is 13.8 Å². The SMILES string of the molecule is CC1(C)OC2OC([C@@H](O)COS(C)(=O)=O)C(O)C2O1. The van der Waals surface area contributed by atoms with Gasteiger partial charge in [-0.2, -0.15) is 8.42 Å². The van der Waals surface area contributed by atoms with Crippen molar-refractivity contribution in [1.82, 2.24) is 0 Å². The molecule has 0 spiro atoms. The third-order valence-corrected chi connectivity index (χ3v) is 3.45. The van der Waals surface area contributed by atoms with Crippen molar-refractivity contribution in [2.45, 2.75) is 50.3 Å². The fraction of sp³-hybridized carbons (Fsp3) is 1.00. The molecular formula is C10H18O8S. The summed E-state index contributed by atoms with van der Waals surface area (Å²) in [6, 6.07) is 0. The van der Waals surface area contributed by atoms with Crippen molar-refractivity contribution < 1.29 is 37.0 Å². The molecule has 2 N–H and O–H groups in total. The Morgan fingerprint density at radius 3 is 2.53 bits per heavy atom. The summed E-state index contributed by atoms with van der Waals surface area (Å²) in [6.07, 6.45) is -4.08. The first-order valence-corrected chi connectivity index (χ1v) is 7.62. The Bertz CT molecular complexity index is 433. The molecule has 0 saturated carbocycles. The van der Waals surface area contributed by atoms with E-state index in [0.717, 1.165) is 6.26 Å². The highest BCUT2D eigenvalue weighted by molar-refractivity contribution is 7.85. The summed E-state index contributed by atoms with van der Waals surface area (Å²) < 4.78 is 42.3. The van der Waals surface area contributed by atoms with E-state index < -0.39 is 53.2 Å². The first-order valence-electron chi connectivity index (χ1n) is 5.81. The van der Waals surface area contributed by atoms with Crippen LogP contribution in [0.15, 0.2) is 0 Å². The molecule has 0 amide bonds. The van der Waals surface area contributed by atoms with Crippen LogP contribution in [0.25, 0.3) is 0 Å². The van der Waals surface area contributed by atoms with Crippen LogP contribution in [-0.2, 0) is 28.5 Å². The number of hydrogen-bond acceptors (Lipinski definition) is 8. The number of hydrogen-bond donors (Lipinski definition) is 2. The monoisotopic (exact) mass is 298 g/mol. The minimum Gasteiger partial charge on any atom is -0.388 e. The van der Waals surface area contributed by atoms with E-state index in [1.165, 1.54) is 0 Å². The Kier molecular flexibility index (Phi) is 3.91. The third kappa shape index (κ3) is 3.43.